The van der Waals surface area contributed by atoms with Gasteiger partial charge in [-0.25, -0.2) is 0 Å². The van der Waals surface area contributed by atoms with E-state index in [1.807, 2.05) is 9.80 Å². The van der Waals surface area contributed by atoms with Gasteiger partial charge < -0.3 is 9.80 Å². The molecule has 39 heavy (non-hydrogen) atoms. The van der Waals surface area contributed by atoms with Gasteiger partial charge in [0.05, 0.1) is 0 Å². The van der Waals surface area contributed by atoms with Gasteiger partial charge in [0, 0.05) is 26.2 Å². The SMILES string of the molecule is CCCCCCCCN(CCCCCCCC)C(=O)CC(=O)N(CCCCCCCC)CCCCCCCC. The van der Waals surface area contributed by atoms with Crippen LogP contribution in [-0.4, -0.2) is 47.8 Å². The zero-order valence-electron chi connectivity index (χ0n) is 27.2. The molecular formula is C35H70N2O2. The van der Waals surface area contributed by atoms with E-state index < -0.39 is 0 Å². The van der Waals surface area contributed by atoms with Crippen LogP contribution in [0.25, 0.3) is 0 Å². The summed E-state index contributed by atoms with van der Waals surface area (Å²) in [5, 5.41) is 0. The molecule has 0 unspecified atom stereocenters. The molecule has 232 valence electrons. The molecule has 0 saturated carbocycles. The Hall–Kier alpha value is -1.06. The fourth-order valence-corrected chi connectivity index (χ4v) is 5.41. The third kappa shape index (κ3) is 24.5. The highest BCUT2D eigenvalue weighted by Crippen LogP contribution is 2.13. The van der Waals surface area contributed by atoms with Gasteiger partial charge in [0.15, 0.2) is 0 Å². The smallest absolute Gasteiger partial charge is 0.232 e. The molecule has 0 N–H and O–H groups in total. The molecule has 0 aliphatic heterocycles. The summed E-state index contributed by atoms with van der Waals surface area (Å²) in [6, 6.07) is 0. The highest BCUT2D eigenvalue weighted by Gasteiger charge is 2.21. The van der Waals surface area contributed by atoms with Crippen LogP contribution in [0.1, 0.15) is 188 Å². The van der Waals surface area contributed by atoms with Gasteiger partial charge in [-0.15, -0.1) is 0 Å². The van der Waals surface area contributed by atoms with Gasteiger partial charge in [-0.1, -0.05) is 156 Å². The van der Waals surface area contributed by atoms with Crippen LogP contribution in [-0.2, 0) is 9.59 Å². The third-order valence-corrected chi connectivity index (χ3v) is 8.13. The van der Waals surface area contributed by atoms with E-state index in [9.17, 15) is 9.59 Å². The molecule has 0 spiro atoms. The summed E-state index contributed by atoms with van der Waals surface area (Å²) in [6.07, 6.45) is 29.6. The molecule has 0 aromatic carbocycles. The maximum atomic E-state index is 13.4. The van der Waals surface area contributed by atoms with Crippen molar-refractivity contribution in [1.29, 1.82) is 0 Å². The van der Waals surface area contributed by atoms with Gasteiger partial charge >= 0.3 is 0 Å². The van der Waals surface area contributed by atoms with Crippen LogP contribution in [0, 0.1) is 0 Å². The molecule has 0 atom stereocenters. The topological polar surface area (TPSA) is 40.6 Å². The highest BCUT2D eigenvalue weighted by molar-refractivity contribution is 5.96. The molecule has 4 nitrogen and oxygen atoms in total. The fraction of sp³-hybridized carbons (Fsp3) is 0.943. The normalized spacial score (nSPS) is 11.2. The van der Waals surface area contributed by atoms with Gasteiger partial charge in [0.25, 0.3) is 0 Å². The van der Waals surface area contributed by atoms with Crippen molar-refractivity contribution in [3.05, 3.63) is 0 Å². The molecule has 4 heteroatoms. The molecule has 0 rings (SSSR count). The Balaban J connectivity index is 4.85. The van der Waals surface area contributed by atoms with Crippen LogP contribution in [0.3, 0.4) is 0 Å². The molecule has 0 bridgehead atoms. The number of carbonyl (C=O) groups excluding carboxylic acids is 2. The number of amides is 2. The van der Waals surface area contributed by atoms with Crippen LogP contribution >= 0.6 is 0 Å². The first kappa shape index (κ1) is 37.9. The predicted molar refractivity (Wildman–Crippen MR) is 171 cm³/mol. The van der Waals surface area contributed by atoms with E-state index >= 15 is 0 Å². The Labute approximate surface area is 245 Å². The average molecular weight is 551 g/mol. The summed E-state index contributed by atoms with van der Waals surface area (Å²) >= 11 is 0. The van der Waals surface area contributed by atoms with Gasteiger partial charge in [-0.05, 0) is 25.7 Å². The standard InChI is InChI=1S/C35H70N2O2/c1-5-9-13-17-21-25-29-36(30-26-22-18-14-10-6-2)34(38)33-35(39)37(31-27-23-19-15-11-7-3)32-28-24-20-16-12-8-4/h5-33H2,1-4H3. The number of nitrogens with zero attached hydrogens (tertiary/aromatic N) is 2. The minimum absolute atomic E-state index is 0.0668. The lowest BCUT2D eigenvalue weighted by Crippen LogP contribution is -2.39. The molecule has 0 aromatic rings. The Morgan fingerprint density at radius 3 is 0.769 bits per heavy atom. The summed E-state index contributed by atoms with van der Waals surface area (Å²) in [7, 11) is 0. The zero-order chi connectivity index (χ0) is 28.8. The maximum Gasteiger partial charge on any atom is 0.232 e. The first-order chi connectivity index (χ1) is 19.1. The summed E-state index contributed by atoms with van der Waals surface area (Å²) in [5.41, 5.74) is 0. The quantitative estimate of drug-likeness (QED) is 0.0659. The van der Waals surface area contributed by atoms with E-state index in [4.69, 9.17) is 0 Å². The minimum atomic E-state index is 0.0668. The van der Waals surface area contributed by atoms with E-state index in [2.05, 4.69) is 27.7 Å². The van der Waals surface area contributed by atoms with Crippen molar-refractivity contribution in [2.24, 2.45) is 0 Å². The lowest BCUT2D eigenvalue weighted by molar-refractivity contribution is -0.140. The van der Waals surface area contributed by atoms with Crippen LogP contribution < -0.4 is 0 Å². The maximum absolute atomic E-state index is 13.4. The van der Waals surface area contributed by atoms with Crippen molar-refractivity contribution in [1.82, 2.24) is 9.80 Å². The van der Waals surface area contributed by atoms with Gasteiger partial charge in [-0.2, -0.15) is 0 Å². The van der Waals surface area contributed by atoms with E-state index in [-0.39, 0.29) is 18.2 Å². The second-order valence-electron chi connectivity index (χ2n) is 12.0. The summed E-state index contributed by atoms with van der Waals surface area (Å²) < 4.78 is 0. The van der Waals surface area contributed by atoms with Crippen molar-refractivity contribution >= 4 is 11.8 Å². The van der Waals surface area contributed by atoms with Crippen LogP contribution in [0.5, 0.6) is 0 Å². The monoisotopic (exact) mass is 551 g/mol. The van der Waals surface area contributed by atoms with Crippen molar-refractivity contribution in [2.45, 2.75) is 188 Å². The Bertz CT molecular complexity index is 459. The van der Waals surface area contributed by atoms with E-state index in [1.54, 1.807) is 0 Å². The Morgan fingerprint density at radius 2 is 0.538 bits per heavy atom. The van der Waals surface area contributed by atoms with Crippen LogP contribution in [0.15, 0.2) is 0 Å². The van der Waals surface area contributed by atoms with Crippen LogP contribution in [0.4, 0.5) is 0 Å². The summed E-state index contributed by atoms with van der Waals surface area (Å²) in [4.78, 5) is 30.8. The first-order valence-electron chi connectivity index (χ1n) is 17.7. The molecule has 0 heterocycles. The largest absolute Gasteiger partial charge is 0.342 e. The summed E-state index contributed by atoms with van der Waals surface area (Å²) in [5.74, 6) is 0.135. The third-order valence-electron chi connectivity index (χ3n) is 8.13. The molecule has 2 amide bonds. The number of rotatable bonds is 30. The van der Waals surface area contributed by atoms with Crippen LogP contribution in [0.2, 0.25) is 0 Å². The lowest BCUT2D eigenvalue weighted by Gasteiger charge is -2.26. The van der Waals surface area contributed by atoms with Crippen molar-refractivity contribution in [3.63, 3.8) is 0 Å². The summed E-state index contributed by atoms with van der Waals surface area (Å²) in [6.45, 7) is 12.3. The molecule has 0 aromatic heterocycles. The number of hydrogen-bond acceptors (Lipinski definition) is 2. The first-order valence-corrected chi connectivity index (χ1v) is 17.7. The zero-order valence-corrected chi connectivity index (χ0v) is 27.2. The van der Waals surface area contributed by atoms with Crippen molar-refractivity contribution in [3.8, 4) is 0 Å². The van der Waals surface area contributed by atoms with E-state index in [1.165, 1.54) is 128 Å². The van der Waals surface area contributed by atoms with Crippen molar-refractivity contribution in [2.75, 3.05) is 26.2 Å². The van der Waals surface area contributed by atoms with Gasteiger partial charge in [0.1, 0.15) is 6.42 Å². The van der Waals surface area contributed by atoms with E-state index in [0.717, 1.165) is 51.9 Å². The van der Waals surface area contributed by atoms with E-state index in [0.29, 0.717) is 0 Å². The Kier molecular flexibility index (Phi) is 29.1. The fourth-order valence-electron chi connectivity index (χ4n) is 5.41. The minimum Gasteiger partial charge on any atom is -0.342 e. The molecule has 0 aliphatic rings. The van der Waals surface area contributed by atoms with Gasteiger partial charge in [-0.3, -0.25) is 9.59 Å². The Morgan fingerprint density at radius 1 is 0.333 bits per heavy atom. The second kappa shape index (κ2) is 29.9. The molecule has 0 radical (unpaired) electrons. The number of unbranched alkanes of at least 4 members (excludes halogenated alkanes) is 20. The predicted octanol–water partition coefficient (Wildman–Crippen LogP) is 10.5. The molecule has 0 aliphatic carbocycles. The molecule has 0 fully saturated rings. The number of hydrogen-bond donors (Lipinski definition) is 0. The molecule has 0 saturated heterocycles. The lowest BCUT2D eigenvalue weighted by atomic mass is 10.1. The average Bonchev–Trinajstić information content (AvgIpc) is 2.93. The second-order valence-corrected chi connectivity index (χ2v) is 12.0. The highest BCUT2D eigenvalue weighted by atomic mass is 16.2. The molecular weight excluding hydrogens is 480 g/mol. The van der Waals surface area contributed by atoms with Crippen molar-refractivity contribution < 1.29 is 9.59 Å². The van der Waals surface area contributed by atoms with Gasteiger partial charge in [0.2, 0.25) is 11.8 Å². The number of carbonyl (C=O) groups is 2.